The van der Waals surface area contributed by atoms with E-state index in [9.17, 15) is 18.8 Å². The lowest BCUT2D eigenvalue weighted by Crippen LogP contribution is -2.52. The Morgan fingerprint density at radius 1 is 1.06 bits per heavy atom. The Hall–Kier alpha value is -2.97. The van der Waals surface area contributed by atoms with Crippen molar-refractivity contribution in [2.24, 2.45) is 11.7 Å². The number of nitrogens with two attached hydrogens (primary N) is 1. The van der Waals surface area contributed by atoms with Crippen LogP contribution in [0, 0.1) is 11.7 Å². The Balaban J connectivity index is 1.67. The summed E-state index contributed by atoms with van der Waals surface area (Å²) in [5.41, 5.74) is 6.89. The van der Waals surface area contributed by atoms with Crippen LogP contribution in [0.2, 0.25) is 5.02 Å². The van der Waals surface area contributed by atoms with E-state index in [1.165, 1.54) is 13.0 Å². The van der Waals surface area contributed by atoms with E-state index < -0.39 is 17.9 Å². The molecule has 0 bridgehead atoms. The molecule has 2 unspecified atom stereocenters. The summed E-state index contributed by atoms with van der Waals surface area (Å²) in [5.74, 6) is -2.29. The van der Waals surface area contributed by atoms with Crippen molar-refractivity contribution >= 4 is 29.3 Å². The summed E-state index contributed by atoms with van der Waals surface area (Å²) < 4.78 is 14.9. The third-order valence-corrected chi connectivity index (χ3v) is 7.05. The normalized spacial score (nSPS) is 15.8. The van der Waals surface area contributed by atoms with Crippen LogP contribution in [0.4, 0.5) is 4.39 Å². The van der Waals surface area contributed by atoms with Gasteiger partial charge in [-0.15, -0.1) is 0 Å². The van der Waals surface area contributed by atoms with E-state index in [-0.39, 0.29) is 24.2 Å². The highest BCUT2D eigenvalue weighted by Gasteiger charge is 2.32. The highest BCUT2D eigenvalue weighted by molar-refractivity contribution is 6.30. The molecule has 194 valence electrons. The molecule has 1 heterocycles. The maximum Gasteiger partial charge on any atom is 0.234 e. The molecule has 2 atom stereocenters. The molecule has 0 saturated carbocycles. The van der Waals surface area contributed by atoms with E-state index in [4.69, 9.17) is 17.3 Å². The van der Waals surface area contributed by atoms with Crippen molar-refractivity contribution in [2.45, 2.75) is 32.7 Å². The Bertz CT molecular complexity index is 1060. The van der Waals surface area contributed by atoms with Crippen LogP contribution in [-0.4, -0.2) is 71.7 Å². The molecule has 2 aromatic carbocycles. The zero-order chi connectivity index (χ0) is 26.2. The van der Waals surface area contributed by atoms with E-state index in [0.29, 0.717) is 56.2 Å². The summed E-state index contributed by atoms with van der Waals surface area (Å²) in [7, 11) is 0. The second kappa shape index (κ2) is 12.8. The summed E-state index contributed by atoms with van der Waals surface area (Å²) in [4.78, 5) is 42.8. The molecule has 1 saturated heterocycles. The molecule has 0 spiro atoms. The molecule has 1 aliphatic rings. The number of carbonyl (C=O) groups is 3. The first kappa shape index (κ1) is 27.6. The number of rotatable bonds is 10. The minimum atomic E-state index is -0.957. The number of amides is 3. The first-order valence-electron chi connectivity index (χ1n) is 12.3. The number of hydrogen-bond acceptors (Lipinski definition) is 4. The summed E-state index contributed by atoms with van der Waals surface area (Å²) >= 11 is 5.93. The van der Waals surface area contributed by atoms with E-state index >= 15 is 0 Å². The van der Waals surface area contributed by atoms with Crippen LogP contribution in [-0.2, 0) is 20.8 Å². The molecule has 1 fully saturated rings. The lowest BCUT2D eigenvalue weighted by molar-refractivity contribution is -0.140. The van der Waals surface area contributed by atoms with Gasteiger partial charge in [0.1, 0.15) is 11.7 Å². The smallest absolute Gasteiger partial charge is 0.234 e. The molecule has 3 rings (SSSR count). The zero-order valence-corrected chi connectivity index (χ0v) is 21.6. The summed E-state index contributed by atoms with van der Waals surface area (Å²) in [6.07, 6.45) is 1.04. The molecule has 2 aromatic rings. The number of nitrogens with zero attached hydrogens (tertiary/aromatic N) is 3. The third-order valence-electron chi connectivity index (χ3n) is 6.80. The Labute approximate surface area is 217 Å². The summed E-state index contributed by atoms with van der Waals surface area (Å²) in [6, 6.07) is 13.6. The van der Waals surface area contributed by atoms with Gasteiger partial charge in [-0.2, -0.15) is 0 Å². The van der Waals surface area contributed by atoms with Crippen LogP contribution < -0.4 is 5.73 Å². The van der Waals surface area contributed by atoms with Crippen molar-refractivity contribution < 1.29 is 18.8 Å². The fraction of sp³-hybridized carbons (Fsp3) is 0.444. The molecule has 0 aliphatic carbocycles. The summed E-state index contributed by atoms with van der Waals surface area (Å²) in [5, 5.41) is 0.665. The Morgan fingerprint density at radius 3 is 2.28 bits per heavy atom. The number of hydrogen-bond donors (Lipinski definition) is 1. The second-order valence-electron chi connectivity index (χ2n) is 9.08. The van der Waals surface area contributed by atoms with Crippen molar-refractivity contribution in [1.82, 2.24) is 14.7 Å². The van der Waals surface area contributed by atoms with Gasteiger partial charge < -0.3 is 15.5 Å². The minimum Gasteiger partial charge on any atom is -0.369 e. The molecule has 9 heteroatoms. The first-order chi connectivity index (χ1) is 17.2. The third kappa shape index (κ3) is 7.04. The van der Waals surface area contributed by atoms with Gasteiger partial charge >= 0.3 is 0 Å². The van der Waals surface area contributed by atoms with Crippen LogP contribution in [0.25, 0.3) is 0 Å². The standard InChI is InChI=1S/C27H34ClFN4O3/c1-3-31(27(36)19(2)26(30)35)18-24(22-6-4-5-7-23(22)29)32-14-16-33(17-15-32)25(34)13-10-20-8-11-21(28)12-9-20/h4-9,11-12,19,24H,3,10,13-18H2,1-2H3,(H2,30,35). The topological polar surface area (TPSA) is 86.9 Å². The van der Waals surface area contributed by atoms with Crippen LogP contribution >= 0.6 is 11.6 Å². The van der Waals surface area contributed by atoms with Gasteiger partial charge in [-0.3, -0.25) is 19.3 Å². The lowest BCUT2D eigenvalue weighted by atomic mass is 10.0. The molecular weight excluding hydrogens is 483 g/mol. The summed E-state index contributed by atoms with van der Waals surface area (Å²) in [6.45, 7) is 6.01. The fourth-order valence-electron chi connectivity index (χ4n) is 4.48. The highest BCUT2D eigenvalue weighted by atomic mass is 35.5. The van der Waals surface area contributed by atoms with Gasteiger partial charge in [0.05, 0.1) is 6.04 Å². The molecule has 1 aliphatic heterocycles. The van der Waals surface area contributed by atoms with Crippen molar-refractivity contribution in [3.8, 4) is 0 Å². The lowest BCUT2D eigenvalue weighted by Gasteiger charge is -2.41. The van der Waals surface area contributed by atoms with Gasteiger partial charge in [-0.1, -0.05) is 41.9 Å². The van der Waals surface area contributed by atoms with Gasteiger partial charge in [0.25, 0.3) is 0 Å². The van der Waals surface area contributed by atoms with E-state index in [1.807, 2.05) is 36.1 Å². The van der Waals surface area contributed by atoms with E-state index in [1.54, 1.807) is 23.1 Å². The first-order valence-corrected chi connectivity index (χ1v) is 12.7. The number of carbonyl (C=O) groups excluding carboxylic acids is 3. The van der Waals surface area contributed by atoms with Crippen molar-refractivity contribution in [3.05, 3.63) is 70.5 Å². The molecular formula is C27H34ClFN4O3. The Morgan fingerprint density at radius 2 is 1.69 bits per heavy atom. The maximum atomic E-state index is 14.9. The average Bonchev–Trinajstić information content (AvgIpc) is 2.89. The van der Waals surface area contributed by atoms with E-state index in [0.717, 1.165) is 5.56 Å². The molecule has 0 aromatic heterocycles. The largest absolute Gasteiger partial charge is 0.369 e. The van der Waals surface area contributed by atoms with Crippen molar-refractivity contribution in [2.75, 3.05) is 39.3 Å². The van der Waals surface area contributed by atoms with Crippen LogP contribution in [0.5, 0.6) is 0 Å². The molecule has 0 radical (unpaired) electrons. The quantitative estimate of drug-likeness (QED) is 0.491. The van der Waals surface area contributed by atoms with Crippen molar-refractivity contribution in [1.29, 1.82) is 0 Å². The predicted molar refractivity (Wildman–Crippen MR) is 138 cm³/mol. The molecule has 36 heavy (non-hydrogen) atoms. The number of primary amides is 1. The maximum absolute atomic E-state index is 14.9. The van der Waals surface area contributed by atoms with Crippen molar-refractivity contribution in [3.63, 3.8) is 0 Å². The van der Waals surface area contributed by atoms with Crippen LogP contribution in [0.15, 0.2) is 48.5 Å². The minimum absolute atomic E-state index is 0.0766. The fourth-order valence-corrected chi connectivity index (χ4v) is 4.60. The van der Waals surface area contributed by atoms with Gasteiger partial charge in [-0.05, 0) is 44.0 Å². The van der Waals surface area contributed by atoms with Gasteiger partial charge in [0.2, 0.25) is 17.7 Å². The van der Waals surface area contributed by atoms with E-state index in [2.05, 4.69) is 4.90 Å². The van der Waals surface area contributed by atoms with Crippen LogP contribution in [0.3, 0.4) is 0 Å². The van der Waals surface area contributed by atoms with Crippen LogP contribution in [0.1, 0.15) is 37.4 Å². The number of benzene rings is 2. The monoisotopic (exact) mass is 516 g/mol. The highest BCUT2D eigenvalue weighted by Crippen LogP contribution is 2.27. The number of likely N-dealkylation sites (N-methyl/N-ethyl adjacent to an activating group) is 1. The van der Waals surface area contributed by atoms with Gasteiger partial charge in [0.15, 0.2) is 0 Å². The zero-order valence-electron chi connectivity index (χ0n) is 20.8. The Kier molecular flexibility index (Phi) is 9.84. The number of aryl methyl sites for hydroxylation is 1. The van der Waals surface area contributed by atoms with Gasteiger partial charge in [0, 0.05) is 56.3 Å². The number of piperazine rings is 1. The average molecular weight is 517 g/mol. The van der Waals surface area contributed by atoms with Gasteiger partial charge in [-0.25, -0.2) is 4.39 Å². The number of halogens is 2. The predicted octanol–water partition coefficient (Wildman–Crippen LogP) is 3.27. The molecule has 7 nitrogen and oxygen atoms in total. The second-order valence-corrected chi connectivity index (χ2v) is 9.52. The molecule has 2 N–H and O–H groups in total. The molecule has 3 amide bonds. The SMILES string of the molecule is CCN(CC(c1ccccc1F)N1CCN(C(=O)CCc2ccc(Cl)cc2)CC1)C(=O)C(C)C(N)=O.